The molecule has 3 heteroatoms. The average molecular weight is 253 g/mol. The van der Waals surface area contributed by atoms with Crippen LogP contribution in [-0.4, -0.2) is 9.51 Å². The number of pyridine rings is 1. The van der Waals surface area contributed by atoms with Crippen molar-refractivity contribution in [2.45, 2.75) is 32.6 Å². The fourth-order valence-electron chi connectivity index (χ4n) is 3.48. The largest absolute Gasteiger partial charge is 0.507 e. The van der Waals surface area contributed by atoms with Gasteiger partial charge in [-0.25, -0.2) is 0 Å². The van der Waals surface area contributed by atoms with E-state index in [2.05, 4.69) is 6.07 Å². The molecule has 0 saturated heterocycles. The Bertz CT molecular complexity index is 860. The number of nitrogens with zero attached hydrogens (tertiary/aromatic N) is 1. The summed E-state index contributed by atoms with van der Waals surface area (Å²) in [5.41, 5.74) is 3.75. The van der Waals surface area contributed by atoms with Gasteiger partial charge in [-0.1, -0.05) is 12.1 Å². The van der Waals surface area contributed by atoms with Crippen molar-refractivity contribution < 1.29 is 5.11 Å². The summed E-state index contributed by atoms with van der Waals surface area (Å²) in [6.07, 6.45) is 4.32. The Morgan fingerprint density at radius 3 is 2.74 bits per heavy atom. The third kappa shape index (κ3) is 1.20. The number of aromatic nitrogens is 1. The predicted octanol–water partition coefficient (Wildman–Crippen LogP) is 2.78. The van der Waals surface area contributed by atoms with E-state index in [0.29, 0.717) is 5.56 Å². The first kappa shape index (κ1) is 10.9. The number of benzene rings is 1. The maximum absolute atomic E-state index is 12.5. The standard InChI is InChI=1S/C16H15NO2/c1-9-15(18)12-7-4-6-11-10-5-2-3-8-13(10)17(14(11)12)16(9)19/h4,6-7,18H,2-3,5,8H2,1H3. The number of hydrogen-bond donors (Lipinski definition) is 1. The molecule has 96 valence electrons. The molecule has 0 aliphatic heterocycles. The van der Waals surface area contributed by atoms with E-state index in [1.165, 1.54) is 12.0 Å². The van der Waals surface area contributed by atoms with Crippen molar-refractivity contribution in [3.63, 3.8) is 0 Å². The van der Waals surface area contributed by atoms with Gasteiger partial charge in [0, 0.05) is 16.5 Å². The van der Waals surface area contributed by atoms with E-state index in [9.17, 15) is 9.90 Å². The van der Waals surface area contributed by atoms with Crippen molar-refractivity contribution in [3.05, 3.63) is 45.4 Å². The van der Waals surface area contributed by atoms with Crippen LogP contribution < -0.4 is 5.56 Å². The van der Waals surface area contributed by atoms with Gasteiger partial charge in [0.2, 0.25) is 0 Å². The molecule has 0 fully saturated rings. The van der Waals surface area contributed by atoms with Gasteiger partial charge in [-0.05, 0) is 44.2 Å². The smallest absolute Gasteiger partial charge is 0.262 e. The van der Waals surface area contributed by atoms with Crippen LogP contribution >= 0.6 is 0 Å². The number of aromatic hydroxyl groups is 1. The summed E-state index contributed by atoms with van der Waals surface area (Å²) in [7, 11) is 0. The first-order valence-electron chi connectivity index (χ1n) is 6.80. The summed E-state index contributed by atoms with van der Waals surface area (Å²) < 4.78 is 1.84. The summed E-state index contributed by atoms with van der Waals surface area (Å²) in [4.78, 5) is 12.5. The molecule has 19 heavy (non-hydrogen) atoms. The van der Waals surface area contributed by atoms with Gasteiger partial charge in [0.1, 0.15) is 5.75 Å². The molecule has 0 radical (unpaired) electrons. The van der Waals surface area contributed by atoms with Gasteiger partial charge in [0.05, 0.1) is 11.1 Å². The quantitative estimate of drug-likeness (QED) is 0.669. The van der Waals surface area contributed by atoms with Crippen molar-refractivity contribution in [2.24, 2.45) is 0 Å². The Hall–Kier alpha value is -2.03. The topological polar surface area (TPSA) is 41.7 Å². The van der Waals surface area contributed by atoms with Gasteiger partial charge < -0.3 is 5.11 Å². The zero-order chi connectivity index (χ0) is 13.1. The van der Waals surface area contributed by atoms with Crippen molar-refractivity contribution in [1.82, 2.24) is 4.40 Å². The lowest BCUT2D eigenvalue weighted by atomic mass is 9.95. The highest BCUT2D eigenvalue weighted by atomic mass is 16.3. The van der Waals surface area contributed by atoms with Crippen molar-refractivity contribution >= 4 is 16.3 Å². The predicted molar refractivity (Wildman–Crippen MR) is 75.4 cm³/mol. The Balaban J connectivity index is 2.38. The van der Waals surface area contributed by atoms with E-state index >= 15 is 0 Å². The first-order valence-corrected chi connectivity index (χ1v) is 6.80. The van der Waals surface area contributed by atoms with Crippen LogP contribution in [0.3, 0.4) is 0 Å². The molecule has 2 heterocycles. The van der Waals surface area contributed by atoms with E-state index < -0.39 is 0 Å². The van der Waals surface area contributed by atoms with E-state index in [4.69, 9.17) is 0 Å². The van der Waals surface area contributed by atoms with Crippen LogP contribution in [0.15, 0.2) is 23.0 Å². The second-order valence-electron chi connectivity index (χ2n) is 5.45. The molecule has 0 saturated carbocycles. The fraction of sp³-hybridized carbons (Fsp3) is 0.312. The maximum Gasteiger partial charge on any atom is 0.262 e. The van der Waals surface area contributed by atoms with Crippen LogP contribution in [0.25, 0.3) is 16.3 Å². The molecular weight excluding hydrogens is 238 g/mol. The van der Waals surface area contributed by atoms with Crippen LogP contribution in [0.2, 0.25) is 0 Å². The fourth-order valence-corrected chi connectivity index (χ4v) is 3.48. The second kappa shape index (κ2) is 3.50. The van der Waals surface area contributed by atoms with E-state index in [-0.39, 0.29) is 11.3 Å². The molecule has 0 atom stereocenters. The summed E-state index contributed by atoms with van der Waals surface area (Å²) in [6, 6.07) is 5.94. The van der Waals surface area contributed by atoms with Crippen LogP contribution in [0, 0.1) is 6.92 Å². The summed E-state index contributed by atoms with van der Waals surface area (Å²) >= 11 is 0. The molecule has 0 bridgehead atoms. The molecule has 1 aliphatic rings. The lowest BCUT2D eigenvalue weighted by Crippen LogP contribution is -2.19. The van der Waals surface area contributed by atoms with Crippen molar-refractivity contribution in [2.75, 3.05) is 0 Å². The number of hydrogen-bond acceptors (Lipinski definition) is 2. The Kier molecular flexibility index (Phi) is 2.00. The molecule has 3 nitrogen and oxygen atoms in total. The van der Waals surface area contributed by atoms with E-state index in [1.54, 1.807) is 6.92 Å². The number of para-hydroxylation sites is 1. The molecule has 1 aliphatic carbocycles. The normalized spacial score (nSPS) is 15.2. The van der Waals surface area contributed by atoms with Crippen LogP contribution in [0.4, 0.5) is 0 Å². The number of aryl methyl sites for hydroxylation is 2. The highest BCUT2D eigenvalue weighted by molar-refractivity contribution is 6.02. The summed E-state index contributed by atoms with van der Waals surface area (Å²) in [5.74, 6) is 0.137. The number of fused-ring (bicyclic) bond motifs is 3. The third-order valence-electron chi connectivity index (χ3n) is 4.43. The molecule has 2 aromatic heterocycles. The van der Waals surface area contributed by atoms with Gasteiger partial charge >= 0.3 is 0 Å². The lowest BCUT2D eigenvalue weighted by molar-refractivity contribution is 0.475. The van der Waals surface area contributed by atoms with Crippen molar-refractivity contribution in [3.8, 4) is 5.75 Å². The van der Waals surface area contributed by atoms with Crippen LogP contribution in [0.1, 0.15) is 29.7 Å². The van der Waals surface area contributed by atoms with Gasteiger partial charge in [0.25, 0.3) is 5.56 Å². The molecule has 1 N–H and O–H groups in total. The van der Waals surface area contributed by atoms with E-state index in [0.717, 1.165) is 41.2 Å². The Morgan fingerprint density at radius 1 is 1.16 bits per heavy atom. The average Bonchev–Trinajstić information content (AvgIpc) is 2.78. The molecule has 3 aromatic rings. The SMILES string of the molecule is Cc1c(O)c2cccc3c4c(n(c1=O)c23)CCCC4. The molecule has 4 rings (SSSR count). The second-order valence-corrected chi connectivity index (χ2v) is 5.45. The Labute approximate surface area is 110 Å². The lowest BCUT2D eigenvalue weighted by Gasteiger charge is -2.12. The molecule has 1 aromatic carbocycles. The van der Waals surface area contributed by atoms with E-state index in [1.807, 2.05) is 16.5 Å². The minimum Gasteiger partial charge on any atom is -0.507 e. The first-order chi connectivity index (χ1) is 9.20. The highest BCUT2D eigenvalue weighted by Crippen LogP contribution is 2.36. The maximum atomic E-state index is 12.5. The summed E-state index contributed by atoms with van der Waals surface area (Å²) in [5, 5.41) is 12.2. The van der Waals surface area contributed by atoms with Crippen molar-refractivity contribution in [1.29, 1.82) is 0 Å². The Morgan fingerprint density at radius 2 is 1.89 bits per heavy atom. The highest BCUT2D eigenvalue weighted by Gasteiger charge is 2.23. The third-order valence-corrected chi connectivity index (χ3v) is 4.43. The van der Waals surface area contributed by atoms with Crippen LogP contribution in [-0.2, 0) is 12.8 Å². The van der Waals surface area contributed by atoms with Crippen LogP contribution in [0.5, 0.6) is 5.75 Å². The molecule has 0 spiro atoms. The summed E-state index contributed by atoms with van der Waals surface area (Å²) in [6.45, 7) is 1.70. The molecule has 0 unspecified atom stereocenters. The molecular formula is C16H15NO2. The number of rotatable bonds is 0. The zero-order valence-corrected chi connectivity index (χ0v) is 10.9. The minimum atomic E-state index is -0.0654. The van der Waals surface area contributed by atoms with Gasteiger partial charge in [-0.3, -0.25) is 9.20 Å². The van der Waals surface area contributed by atoms with Gasteiger partial charge in [-0.15, -0.1) is 0 Å². The monoisotopic (exact) mass is 253 g/mol. The minimum absolute atomic E-state index is 0.0654. The molecule has 0 amide bonds. The van der Waals surface area contributed by atoms with Gasteiger partial charge in [0.15, 0.2) is 0 Å². The van der Waals surface area contributed by atoms with Gasteiger partial charge in [-0.2, -0.15) is 0 Å². The zero-order valence-electron chi connectivity index (χ0n) is 10.9.